The molecule has 0 saturated carbocycles. The fraction of sp³-hybridized carbons (Fsp3) is 0.357. The fourth-order valence-corrected chi connectivity index (χ4v) is 0.736. The van der Waals surface area contributed by atoms with Crippen LogP contribution in [0.2, 0.25) is 0 Å². The molecule has 2 N–H and O–H groups in total. The van der Waals surface area contributed by atoms with Crippen molar-refractivity contribution in [2.75, 3.05) is 20.3 Å². The van der Waals surface area contributed by atoms with E-state index in [0.29, 0.717) is 12.0 Å². The van der Waals surface area contributed by atoms with E-state index in [1.165, 1.54) is 7.11 Å². The minimum absolute atomic E-state index is 0.0367. The quantitative estimate of drug-likeness (QED) is 0.310. The molecule has 0 aromatic carbocycles. The van der Waals surface area contributed by atoms with E-state index in [-0.39, 0.29) is 24.8 Å². The number of carboxylic acids is 1. The molecule has 118 valence electrons. The Morgan fingerprint density at radius 1 is 1.14 bits per heavy atom. The van der Waals surface area contributed by atoms with Crippen LogP contribution < -0.4 is 0 Å². The van der Waals surface area contributed by atoms with Gasteiger partial charge in [-0.3, -0.25) is 0 Å². The molecule has 0 aromatic rings. The second kappa shape index (κ2) is 12.6. The Hall–Kier alpha value is -2.41. The van der Waals surface area contributed by atoms with Crippen molar-refractivity contribution in [1.29, 1.82) is 0 Å². The lowest BCUT2D eigenvalue weighted by atomic mass is 10.3. The van der Waals surface area contributed by atoms with Gasteiger partial charge in [0.1, 0.15) is 0 Å². The van der Waals surface area contributed by atoms with E-state index >= 15 is 0 Å². The number of aliphatic carboxylic acids is 1. The molecule has 0 spiro atoms. The number of rotatable bonds is 7. The first-order valence-corrected chi connectivity index (χ1v) is 5.88. The number of methoxy groups -OCH3 is 1. The van der Waals surface area contributed by atoms with E-state index in [1.54, 1.807) is 6.92 Å². The summed E-state index contributed by atoms with van der Waals surface area (Å²) in [4.78, 5) is 31.2. The normalized spacial score (nSPS) is 9.29. The van der Waals surface area contributed by atoms with Crippen LogP contribution >= 0.6 is 0 Å². The Balaban J connectivity index is 0. The summed E-state index contributed by atoms with van der Waals surface area (Å²) in [5.41, 5.74) is 0.396. The Kier molecular flexibility index (Phi) is 12.6. The maximum atomic E-state index is 11.0. The van der Waals surface area contributed by atoms with E-state index in [9.17, 15) is 14.4 Å². The van der Waals surface area contributed by atoms with Crippen LogP contribution in [0.15, 0.2) is 36.5 Å². The van der Waals surface area contributed by atoms with Crippen molar-refractivity contribution in [3.63, 3.8) is 0 Å². The number of carbonyl (C=O) groups excluding carboxylic acids is 2. The number of ether oxygens (including phenoxy) is 2. The molecule has 21 heavy (non-hydrogen) atoms. The molecule has 0 saturated heterocycles. The van der Waals surface area contributed by atoms with Gasteiger partial charge < -0.3 is 19.7 Å². The Morgan fingerprint density at radius 3 is 2.05 bits per heavy atom. The molecule has 7 heteroatoms. The van der Waals surface area contributed by atoms with Crippen molar-refractivity contribution in [3.8, 4) is 0 Å². The monoisotopic (exact) mass is 300 g/mol. The first kappa shape index (κ1) is 20.9. The van der Waals surface area contributed by atoms with Gasteiger partial charge in [-0.1, -0.05) is 13.2 Å². The molecule has 0 aliphatic heterocycles. The third-order valence-corrected chi connectivity index (χ3v) is 1.76. The fourth-order valence-electron chi connectivity index (χ4n) is 0.736. The summed E-state index contributed by atoms with van der Waals surface area (Å²) >= 11 is 0. The van der Waals surface area contributed by atoms with Crippen molar-refractivity contribution in [3.05, 3.63) is 36.5 Å². The predicted molar refractivity (Wildman–Crippen MR) is 75.4 cm³/mol. The molecule has 0 amide bonds. The molecule has 0 heterocycles. The summed E-state index contributed by atoms with van der Waals surface area (Å²) in [7, 11) is 1.33. The molecule has 0 radical (unpaired) electrons. The highest BCUT2D eigenvalue weighted by atomic mass is 16.5. The second-order valence-corrected chi connectivity index (χ2v) is 3.68. The van der Waals surface area contributed by atoms with Gasteiger partial charge in [-0.25, -0.2) is 14.4 Å². The van der Waals surface area contributed by atoms with Crippen LogP contribution in [0, 0.1) is 0 Å². The molecule has 0 rings (SSSR count). The third-order valence-electron chi connectivity index (χ3n) is 1.76. The highest BCUT2D eigenvalue weighted by Gasteiger charge is 2.04. The Morgan fingerprint density at radius 2 is 1.71 bits per heavy atom. The zero-order valence-electron chi connectivity index (χ0n) is 12.1. The van der Waals surface area contributed by atoms with Gasteiger partial charge in [-0.15, -0.1) is 0 Å². The minimum Gasteiger partial charge on any atom is -0.478 e. The number of carbonyl (C=O) groups is 3. The van der Waals surface area contributed by atoms with Crippen molar-refractivity contribution in [2.45, 2.75) is 13.3 Å². The molecule has 0 aliphatic rings. The van der Waals surface area contributed by atoms with E-state index in [4.69, 9.17) is 10.2 Å². The van der Waals surface area contributed by atoms with Crippen LogP contribution in [0.5, 0.6) is 0 Å². The first-order valence-electron chi connectivity index (χ1n) is 5.88. The standard InChI is InChI=1S/C9H12O5.C5H8O2/c1-7(3-4-8(11)12)9(13)14-6-2-5-10;1-4(2)5(6)7-3/h3-4,10H,1-2,5-6H2,(H,11,12);1H2,2-3H3. The van der Waals surface area contributed by atoms with Crippen LogP contribution in [0.1, 0.15) is 13.3 Å². The van der Waals surface area contributed by atoms with Gasteiger partial charge in [-0.2, -0.15) is 0 Å². The molecule has 0 atom stereocenters. The summed E-state index contributed by atoms with van der Waals surface area (Å²) < 4.78 is 8.91. The number of esters is 2. The van der Waals surface area contributed by atoms with E-state index < -0.39 is 11.9 Å². The molecule has 0 aromatic heterocycles. The highest BCUT2D eigenvalue weighted by molar-refractivity contribution is 5.93. The van der Waals surface area contributed by atoms with Gasteiger partial charge in [0.2, 0.25) is 0 Å². The summed E-state index contributed by atoms with van der Waals surface area (Å²) in [6, 6.07) is 0. The zero-order valence-corrected chi connectivity index (χ0v) is 12.1. The van der Waals surface area contributed by atoms with Crippen LogP contribution in [0.4, 0.5) is 0 Å². The van der Waals surface area contributed by atoms with Gasteiger partial charge in [0, 0.05) is 24.7 Å². The van der Waals surface area contributed by atoms with E-state index in [1.807, 2.05) is 0 Å². The van der Waals surface area contributed by atoms with Gasteiger partial charge >= 0.3 is 17.9 Å². The number of aliphatic hydroxyl groups excluding tert-OH is 1. The van der Waals surface area contributed by atoms with Gasteiger partial charge in [0.05, 0.1) is 19.3 Å². The van der Waals surface area contributed by atoms with Crippen LogP contribution in [-0.2, 0) is 23.9 Å². The van der Waals surface area contributed by atoms with E-state index in [0.717, 1.165) is 12.2 Å². The lowest BCUT2D eigenvalue weighted by Gasteiger charge is -2.01. The SMILES string of the molecule is C=C(C)C(=O)OC.C=C(C=CC(=O)O)C(=O)OCCCO. The summed E-state index contributed by atoms with van der Waals surface area (Å²) in [6.07, 6.45) is 2.21. The van der Waals surface area contributed by atoms with E-state index in [2.05, 4.69) is 22.6 Å². The van der Waals surface area contributed by atoms with Crippen molar-refractivity contribution in [2.24, 2.45) is 0 Å². The molecule has 0 fully saturated rings. The number of aliphatic hydroxyl groups is 1. The highest BCUT2D eigenvalue weighted by Crippen LogP contribution is 1.97. The third kappa shape index (κ3) is 13.8. The first-order chi connectivity index (χ1) is 9.76. The Bertz CT molecular complexity index is 421. The number of hydrogen-bond donors (Lipinski definition) is 2. The lowest BCUT2D eigenvalue weighted by Crippen LogP contribution is -2.08. The summed E-state index contributed by atoms with van der Waals surface area (Å²) in [5, 5.41) is 16.6. The molecule has 0 unspecified atom stereocenters. The van der Waals surface area contributed by atoms with Crippen LogP contribution in [0.3, 0.4) is 0 Å². The largest absolute Gasteiger partial charge is 0.478 e. The average molecular weight is 300 g/mol. The summed E-state index contributed by atoms with van der Waals surface area (Å²) in [5.74, 6) is -2.19. The minimum atomic E-state index is -1.16. The van der Waals surface area contributed by atoms with Crippen molar-refractivity contribution in [1.82, 2.24) is 0 Å². The lowest BCUT2D eigenvalue weighted by molar-refractivity contribution is -0.139. The molecule has 0 aliphatic carbocycles. The zero-order chi connectivity index (χ0) is 16.8. The maximum Gasteiger partial charge on any atom is 0.337 e. The molecule has 0 bridgehead atoms. The molecular weight excluding hydrogens is 280 g/mol. The van der Waals surface area contributed by atoms with Crippen molar-refractivity contribution < 1.29 is 34.1 Å². The topological polar surface area (TPSA) is 110 Å². The molecule has 7 nitrogen and oxygen atoms in total. The van der Waals surface area contributed by atoms with Crippen LogP contribution in [0.25, 0.3) is 0 Å². The van der Waals surface area contributed by atoms with Gasteiger partial charge in [-0.05, 0) is 13.0 Å². The number of carboxylic acid groups (broad SMARTS) is 1. The van der Waals surface area contributed by atoms with Gasteiger partial charge in [0.15, 0.2) is 0 Å². The summed E-state index contributed by atoms with van der Waals surface area (Å²) in [6.45, 7) is 8.30. The smallest absolute Gasteiger partial charge is 0.337 e. The van der Waals surface area contributed by atoms with Crippen LogP contribution in [-0.4, -0.2) is 48.4 Å². The van der Waals surface area contributed by atoms with Crippen molar-refractivity contribution >= 4 is 17.9 Å². The maximum absolute atomic E-state index is 11.0. The number of hydrogen-bond acceptors (Lipinski definition) is 6. The van der Waals surface area contributed by atoms with Gasteiger partial charge in [0.25, 0.3) is 0 Å². The molecular formula is C14H20O7. The second-order valence-electron chi connectivity index (χ2n) is 3.68. The Labute approximate surface area is 123 Å². The average Bonchev–Trinajstić information content (AvgIpc) is 2.44. The predicted octanol–water partition coefficient (Wildman–Crippen LogP) is 0.845.